The third-order valence-corrected chi connectivity index (χ3v) is 4.59. The van der Waals surface area contributed by atoms with Crippen LogP contribution in [0.4, 0.5) is 16.3 Å². The first kappa shape index (κ1) is 25.2. The molecule has 0 unspecified atom stereocenters. The lowest BCUT2D eigenvalue weighted by Crippen LogP contribution is -2.32. The topological polar surface area (TPSA) is 143 Å². The number of anilines is 2. The smallest absolute Gasteiger partial charge is 0.407 e. The molecule has 0 radical (unpaired) electrons. The number of rotatable bonds is 8. The standard InChI is InChI=1S/C25H27N5O5/c1-25(2,3)35-24(34)27-14-20-12-21(29-15-28-20)26-13-16-5-4-6-18(11-16)22(31)30-19-9-7-17(8-10-19)23(32)33/h4-12,15H,13-14H2,1-3H3,(H,27,34)(H,30,31)(H,32,33)(H,26,28,29). The zero-order chi connectivity index (χ0) is 25.4. The molecule has 0 fully saturated rings. The molecule has 4 N–H and O–H groups in total. The van der Waals surface area contributed by atoms with E-state index in [0.29, 0.717) is 29.3 Å². The molecule has 182 valence electrons. The van der Waals surface area contributed by atoms with E-state index in [4.69, 9.17) is 9.84 Å². The van der Waals surface area contributed by atoms with Gasteiger partial charge in [-0.15, -0.1) is 0 Å². The lowest BCUT2D eigenvalue weighted by atomic mass is 10.1. The minimum atomic E-state index is -1.03. The summed E-state index contributed by atoms with van der Waals surface area (Å²) in [6.45, 7) is 5.96. The molecule has 1 heterocycles. The fraction of sp³-hybridized carbons (Fsp3) is 0.240. The largest absolute Gasteiger partial charge is 0.478 e. The third-order valence-electron chi connectivity index (χ3n) is 4.59. The van der Waals surface area contributed by atoms with Gasteiger partial charge in [-0.05, 0) is 62.7 Å². The van der Waals surface area contributed by atoms with Crippen LogP contribution in [0.2, 0.25) is 0 Å². The van der Waals surface area contributed by atoms with Crippen molar-refractivity contribution in [1.82, 2.24) is 15.3 Å². The molecule has 0 saturated heterocycles. The van der Waals surface area contributed by atoms with E-state index in [9.17, 15) is 14.4 Å². The van der Waals surface area contributed by atoms with Crippen LogP contribution in [0.25, 0.3) is 0 Å². The molecule has 3 rings (SSSR count). The summed E-state index contributed by atoms with van der Waals surface area (Å²) < 4.78 is 5.21. The summed E-state index contributed by atoms with van der Waals surface area (Å²) in [6.07, 6.45) is 0.868. The summed E-state index contributed by atoms with van der Waals surface area (Å²) in [5.41, 5.74) is 1.97. The van der Waals surface area contributed by atoms with Gasteiger partial charge in [-0.25, -0.2) is 19.6 Å². The van der Waals surface area contributed by atoms with Crippen molar-refractivity contribution >= 4 is 29.5 Å². The van der Waals surface area contributed by atoms with Crippen LogP contribution in [0, 0.1) is 0 Å². The van der Waals surface area contributed by atoms with Crippen molar-refractivity contribution in [2.45, 2.75) is 39.5 Å². The summed E-state index contributed by atoms with van der Waals surface area (Å²) in [7, 11) is 0. The van der Waals surface area contributed by atoms with Gasteiger partial charge in [-0.1, -0.05) is 12.1 Å². The van der Waals surface area contributed by atoms with Crippen LogP contribution in [0.1, 0.15) is 52.7 Å². The number of carboxylic acid groups (broad SMARTS) is 1. The Hall–Kier alpha value is -4.47. The Morgan fingerprint density at radius 2 is 1.69 bits per heavy atom. The molecular formula is C25H27N5O5. The Kier molecular flexibility index (Phi) is 7.98. The lowest BCUT2D eigenvalue weighted by molar-refractivity contribution is 0.0522. The minimum absolute atomic E-state index is 0.143. The van der Waals surface area contributed by atoms with Crippen molar-refractivity contribution in [1.29, 1.82) is 0 Å². The maximum atomic E-state index is 12.6. The summed E-state index contributed by atoms with van der Waals surface area (Å²) in [5.74, 6) is -0.778. The van der Waals surface area contributed by atoms with Gasteiger partial charge in [-0.2, -0.15) is 0 Å². The van der Waals surface area contributed by atoms with Crippen molar-refractivity contribution in [2.24, 2.45) is 0 Å². The SMILES string of the molecule is CC(C)(C)OC(=O)NCc1cc(NCc2cccc(C(=O)Nc3ccc(C(=O)O)cc3)c2)ncn1. The van der Waals surface area contributed by atoms with Crippen LogP contribution in [0.3, 0.4) is 0 Å². The van der Waals surface area contributed by atoms with Gasteiger partial charge in [0, 0.05) is 23.9 Å². The minimum Gasteiger partial charge on any atom is -0.478 e. The maximum Gasteiger partial charge on any atom is 0.407 e. The first-order chi connectivity index (χ1) is 16.6. The van der Waals surface area contributed by atoms with E-state index in [1.54, 1.807) is 45.0 Å². The number of aromatic nitrogens is 2. The Bertz CT molecular complexity index is 1210. The molecular weight excluding hydrogens is 450 g/mol. The Morgan fingerprint density at radius 3 is 2.37 bits per heavy atom. The van der Waals surface area contributed by atoms with Gasteiger partial charge >= 0.3 is 12.1 Å². The Balaban J connectivity index is 1.56. The highest BCUT2D eigenvalue weighted by Crippen LogP contribution is 2.14. The number of benzene rings is 2. The fourth-order valence-electron chi connectivity index (χ4n) is 2.98. The lowest BCUT2D eigenvalue weighted by Gasteiger charge is -2.19. The predicted molar refractivity (Wildman–Crippen MR) is 130 cm³/mol. The number of hydrogen-bond donors (Lipinski definition) is 4. The van der Waals surface area contributed by atoms with Crippen LogP contribution in [-0.4, -0.2) is 38.6 Å². The van der Waals surface area contributed by atoms with E-state index in [1.165, 1.54) is 30.6 Å². The number of hydrogen-bond acceptors (Lipinski definition) is 7. The number of aromatic carboxylic acids is 1. The van der Waals surface area contributed by atoms with Gasteiger partial charge < -0.3 is 25.8 Å². The van der Waals surface area contributed by atoms with Gasteiger partial charge in [0.15, 0.2) is 0 Å². The van der Waals surface area contributed by atoms with E-state index in [0.717, 1.165) is 5.56 Å². The highest BCUT2D eigenvalue weighted by Gasteiger charge is 2.16. The molecule has 2 amide bonds. The number of alkyl carbamates (subject to hydrolysis) is 1. The molecule has 3 aromatic rings. The number of nitrogens with one attached hydrogen (secondary N) is 3. The summed E-state index contributed by atoms with van der Waals surface area (Å²) in [6, 6.07) is 14.7. The van der Waals surface area contributed by atoms with Crippen molar-refractivity contribution in [3.8, 4) is 0 Å². The van der Waals surface area contributed by atoms with Crippen molar-refractivity contribution in [2.75, 3.05) is 10.6 Å². The second-order valence-corrected chi connectivity index (χ2v) is 8.64. The number of carbonyl (C=O) groups is 3. The molecule has 0 aliphatic rings. The molecule has 0 spiro atoms. The number of amides is 2. The average Bonchev–Trinajstić information content (AvgIpc) is 2.81. The van der Waals surface area contributed by atoms with E-state index >= 15 is 0 Å². The van der Waals surface area contributed by atoms with Gasteiger partial charge in [0.05, 0.1) is 17.8 Å². The molecule has 2 aromatic carbocycles. The molecule has 0 atom stereocenters. The second kappa shape index (κ2) is 11.1. The molecule has 0 bridgehead atoms. The van der Waals surface area contributed by atoms with Gasteiger partial charge in [0.1, 0.15) is 17.7 Å². The third kappa shape index (κ3) is 8.11. The highest BCUT2D eigenvalue weighted by molar-refractivity contribution is 6.04. The zero-order valence-corrected chi connectivity index (χ0v) is 19.7. The number of carboxylic acids is 1. The summed E-state index contributed by atoms with van der Waals surface area (Å²) in [4.78, 5) is 43.7. The normalized spacial score (nSPS) is 10.8. The fourth-order valence-corrected chi connectivity index (χ4v) is 2.98. The second-order valence-electron chi connectivity index (χ2n) is 8.64. The highest BCUT2D eigenvalue weighted by atomic mass is 16.6. The van der Waals surface area contributed by atoms with Crippen LogP contribution in [-0.2, 0) is 17.8 Å². The van der Waals surface area contributed by atoms with E-state index < -0.39 is 17.7 Å². The molecule has 10 nitrogen and oxygen atoms in total. The van der Waals surface area contributed by atoms with Crippen molar-refractivity contribution in [3.05, 3.63) is 83.3 Å². The average molecular weight is 478 g/mol. The number of carbonyl (C=O) groups excluding carboxylic acids is 2. The predicted octanol–water partition coefficient (Wildman–Crippen LogP) is 4.06. The van der Waals surface area contributed by atoms with E-state index in [2.05, 4.69) is 25.9 Å². The van der Waals surface area contributed by atoms with Crippen LogP contribution in [0.5, 0.6) is 0 Å². The molecule has 10 heteroatoms. The first-order valence-corrected chi connectivity index (χ1v) is 10.8. The van der Waals surface area contributed by atoms with Crippen molar-refractivity contribution < 1.29 is 24.2 Å². The molecule has 0 aliphatic carbocycles. The van der Waals surface area contributed by atoms with Crippen LogP contribution >= 0.6 is 0 Å². The number of ether oxygens (including phenoxy) is 1. The van der Waals surface area contributed by atoms with E-state index in [1.807, 2.05) is 6.07 Å². The van der Waals surface area contributed by atoms with Crippen molar-refractivity contribution in [3.63, 3.8) is 0 Å². The quantitative estimate of drug-likeness (QED) is 0.380. The zero-order valence-electron chi connectivity index (χ0n) is 19.7. The van der Waals surface area contributed by atoms with Gasteiger partial charge in [-0.3, -0.25) is 4.79 Å². The van der Waals surface area contributed by atoms with Crippen LogP contribution < -0.4 is 16.0 Å². The summed E-state index contributed by atoms with van der Waals surface area (Å²) >= 11 is 0. The molecule has 0 saturated carbocycles. The van der Waals surface area contributed by atoms with E-state index in [-0.39, 0.29) is 18.0 Å². The molecule has 0 aliphatic heterocycles. The van der Waals surface area contributed by atoms with Gasteiger partial charge in [0.25, 0.3) is 5.91 Å². The maximum absolute atomic E-state index is 12.6. The van der Waals surface area contributed by atoms with Gasteiger partial charge in [0.2, 0.25) is 0 Å². The van der Waals surface area contributed by atoms with Crippen LogP contribution in [0.15, 0.2) is 60.9 Å². The Labute approximate surface area is 202 Å². The molecule has 35 heavy (non-hydrogen) atoms. The summed E-state index contributed by atoms with van der Waals surface area (Å²) in [5, 5.41) is 17.6. The number of nitrogens with zero attached hydrogens (tertiary/aromatic N) is 2. The molecule has 1 aromatic heterocycles. The monoisotopic (exact) mass is 477 g/mol. The first-order valence-electron chi connectivity index (χ1n) is 10.8. The Morgan fingerprint density at radius 1 is 0.943 bits per heavy atom.